The van der Waals surface area contributed by atoms with Gasteiger partial charge < -0.3 is 9.30 Å². The molecule has 3 aromatic rings. The van der Waals surface area contributed by atoms with Crippen LogP contribution in [0.1, 0.15) is 12.5 Å². The van der Waals surface area contributed by atoms with E-state index in [1.807, 2.05) is 11.5 Å². The number of aromatic nitrogens is 2. The van der Waals surface area contributed by atoms with Gasteiger partial charge in [-0.15, -0.1) is 13.2 Å². The number of thioether (sulfide) groups is 1. The maximum Gasteiger partial charge on any atom is 0.573 e. The molecule has 2 N–H and O–H groups in total. The minimum atomic E-state index is -4.72. The monoisotopic (exact) mass is 431 g/mol. The molecule has 11 heteroatoms. The zero-order valence-corrected chi connectivity index (χ0v) is 16.2. The van der Waals surface area contributed by atoms with E-state index >= 15 is 0 Å². The van der Waals surface area contributed by atoms with Gasteiger partial charge in [0, 0.05) is 12.3 Å². The number of benzene rings is 2. The molecule has 150 valence electrons. The normalized spacial score (nSPS) is 12.5. The van der Waals surface area contributed by atoms with E-state index < -0.39 is 16.4 Å². The molecule has 6 nitrogen and oxygen atoms in total. The smallest absolute Gasteiger partial charge is 0.406 e. The number of nitrogens with zero attached hydrogens (tertiary/aromatic N) is 2. The van der Waals surface area contributed by atoms with Crippen molar-refractivity contribution in [2.75, 3.05) is 0 Å². The highest BCUT2D eigenvalue weighted by Gasteiger charge is 2.30. The van der Waals surface area contributed by atoms with Gasteiger partial charge in [-0.25, -0.2) is 18.5 Å². The van der Waals surface area contributed by atoms with Gasteiger partial charge >= 0.3 is 6.36 Å². The van der Waals surface area contributed by atoms with Crippen molar-refractivity contribution in [3.63, 3.8) is 0 Å². The van der Waals surface area contributed by atoms with Crippen molar-refractivity contribution in [3.05, 3.63) is 48.0 Å². The fourth-order valence-corrected chi connectivity index (χ4v) is 4.18. The largest absolute Gasteiger partial charge is 0.573 e. The van der Waals surface area contributed by atoms with Crippen molar-refractivity contribution in [2.24, 2.45) is 5.14 Å². The predicted molar refractivity (Wildman–Crippen MR) is 99.5 cm³/mol. The predicted octanol–water partition coefficient (Wildman–Crippen LogP) is 3.89. The minimum absolute atomic E-state index is 0.0162. The first-order valence-corrected chi connectivity index (χ1v) is 10.6. The molecule has 0 aliphatic rings. The third kappa shape index (κ3) is 4.78. The molecular formula is C17H16F3N3O3S2. The van der Waals surface area contributed by atoms with Crippen LogP contribution in [0, 0.1) is 0 Å². The van der Waals surface area contributed by atoms with Crippen LogP contribution in [0.3, 0.4) is 0 Å². The number of fused-ring (bicyclic) bond motifs is 1. The van der Waals surface area contributed by atoms with Crippen molar-refractivity contribution < 1.29 is 26.3 Å². The van der Waals surface area contributed by atoms with Gasteiger partial charge in [0.1, 0.15) is 5.75 Å². The summed E-state index contributed by atoms with van der Waals surface area (Å²) < 4.78 is 65.5. The third-order valence-corrected chi connectivity index (χ3v) is 5.81. The highest BCUT2D eigenvalue weighted by Crippen LogP contribution is 2.29. The molecule has 0 radical (unpaired) electrons. The number of alkyl halides is 3. The summed E-state index contributed by atoms with van der Waals surface area (Å²) in [6.45, 7) is 2.55. The van der Waals surface area contributed by atoms with E-state index in [9.17, 15) is 21.6 Å². The van der Waals surface area contributed by atoms with Gasteiger partial charge in [0.25, 0.3) is 0 Å². The number of aryl methyl sites for hydroxylation is 1. The number of sulfonamides is 1. The fourth-order valence-electron chi connectivity index (χ4n) is 2.62. The van der Waals surface area contributed by atoms with Crippen LogP contribution in [0.15, 0.2) is 52.5 Å². The Balaban J connectivity index is 1.80. The quantitative estimate of drug-likeness (QED) is 0.599. The number of primary sulfonamides is 1. The molecule has 0 aliphatic heterocycles. The topological polar surface area (TPSA) is 87.2 Å². The van der Waals surface area contributed by atoms with Crippen molar-refractivity contribution >= 4 is 32.8 Å². The zero-order valence-electron chi connectivity index (χ0n) is 14.6. The second kappa shape index (κ2) is 7.64. The van der Waals surface area contributed by atoms with Crippen molar-refractivity contribution in [3.8, 4) is 5.75 Å². The molecule has 0 amide bonds. The Bertz CT molecular complexity index is 1090. The van der Waals surface area contributed by atoms with Gasteiger partial charge in [0.15, 0.2) is 5.16 Å². The average Bonchev–Trinajstić information content (AvgIpc) is 2.95. The summed E-state index contributed by atoms with van der Waals surface area (Å²) in [6, 6.07) is 10.1. The maximum absolute atomic E-state index is 12.2. The van der Waals surface area contributed by atoms with Crippen LogP contribution >= 0.6 is 11.8 Å². The van der Waals surface area contributed by atoms with Crippen LogP contribution in [0.2, 0.25) is 0 Å². The third-order valence-electron chi connectivity index (χ3n) is 3.85. The number of ether oxygens (including phenoxy) is 1. The average molecular weight is 431 g/mol. The zero-order chi connectivity index (χ0) is 20.5. The van der Waals surface area contributed by atoms with Crippen LogP contribution in [-0.4, -0.2) is 24.3 Å². The van der Waals surface area contributed by atoms with Crippen LogP contribution in [0.5, 0.6) is 5.75 Å². The van der Waals surface area contributed by atoms with Crippen molar-refractivity contribution in [1.29, 1.82) is 0 Å². The molecule has 0 saturated heterocycles. The number of rotatable bonds is 6. The van der Waals surface area contributed by atoms with Gasteiger partial charge in [-0.05, 0) is 42.8 Å². The SMILES string of the molecule is CCn1c(SCc2ccc(OC(F)(F)F)cc2)nc2cc(S(N)(=O)=O)ccc21. The number of halogens is 3. The number of imidazole rings is 1. The second-order valence-electron chi connectivity index (χ2n) is 5.81. The lowest BCUT2D eigenvalue weighted by Crippen LogP contribution is -2.16. The Kier molecular flexibility index (Phi) is 5.60. The highest BCUT2D eigenvalue weighted by molar-refractivity contribution is 7.98. The highest BCUT2D eigenvalue weighted by atomic mass is 32.2. The lowest BCUT2D eigenvalue weighted by atomic mass is 10.2. The van der Waals surface area contributed by atoms with E-state index in [0.29, 0.717) is 23.0 Å². The molecule has 0 fully saturated rings. The number of nitrogens with two attached hydrogens (primary N) is 1. The lowest BCUT2D eigenvalue weighted by molar-refractivity contribution is -0.274. The summed E-state index contributed by atoms with van der Waals surface area (Å²) in [5.74, 6) is 0.190. The summed E-state index contributed by atoms with van der Waals surface area (Å²) in [7, 11) is -3.83. The first-order chi connectivity index (χ1) is 13.1. The summed E-state index contributed by atoms with van der Waals surface area (Å²) in [5.41, 5.74) is 2.07. The van der Waals surface area contributed by atoms with Crippen LogP contribution in [-0.2, 0) is 22.3 Å². The van der Waals surface area contributed by atoms with Gasteiger partial charge in [0.05, 0.1) is 15.9 Å². The fraction of sp³-hybridized carbons (Fsp3) is 0.235. The summed E-state index contributed by atoms with van der Waals surface area (Å²) in [6.07, 6.45) is -4.72. The first kappa shape index (κ1) is 20.5. The lowest BCUT2D eigenvalue weighted by Gasteiger charge is -2.09. The molecule has 0 bridgehead atoms. The molecular weight excluding hydrogens is 415 g/mol. The summed E-state index contributed by atoms with van der Waals surface area (Å²) in [4.78, 5) is 4.46. The molecule has 28 heavy (non-hydrogen) atoms. The molecule has 1 heterocycles. The Morgan fingerprint density at radius 1 is 1.18 bits per heavy atom. The Morgan fingerprint density at radius 3 is 2.43 bits per heavy atom. The summed E-state index contributed by atoms with van der Waals surface area (Å²) >= 11 is 1.39. The molecule has 1 aromatic heterocycles. The summed E-state index contributed by atoms with van der Waals surface area (Å²) in [5, 5.41) is 5.83. The Morgan fingerprint density at radius 2 is 1.86 bits per heavy atom. The van der Waals surface area contributed by atoms with Crippen molar-refractivity contribution in [2.45, 2.75) is 35.6 Å². The van der Waals surface area contributed by atoms with E-state index in [1.54, 1.807) is 18.2 Å². The molecule has 3 rings (SSSR count). The van der Waals surface area contributed by atoms with Crippen LogP contribution in [0.25, 0.3) is 11.0 Å². The number of hydrogen-bond acceptors (Lipinski definition) is 5. The van der Waals surface area contributed by atoms with Gasteiger partial charge in [-0.1, -0.05) is 23.9 Å². The molecule has 0 atom stereocenters. The van der Waals surface area contributed by atoms with Crippen LogP contribution < -0.4 is 9.88 Å². The van der Waals surface area contributed by atoms with E-state index in [1.165, 1.54) is 36.0 Å². The second-order valence-corrected chi connectivity index (χ2v) is 8.32. The molecule has 0 saturated carbocycles. The molecule has 0 spiro atoms. The van der Waals surface area contributed by atoms with Crippen molar-refractivity contribution in [1.82, 2.24) is 9.55 Å². The van der Waals surface area contributed by atoms with Gasteiger partial charge in [0.2, 0.25) is 10.0 Å². The van der Waals surface area contributed by atoms with E-state index in [2.05, 4.69) is 9.72 Å². The van der Waals surface area contributed by atoms with E-state index in [4.69, 9.17) is 5.14 Å². The number of hydrogen-bond donors (Lipinski definition) is 1. The standard InChI is InChI=1S/C17H16F3N3O3S2/c1-2-23-15-8-7-13(28(21,24)25)9-14(15)22-16(23)27-10-11-3-5-12(6-4-11)26-17(18,19)20/h3-9H,2,10H2,1H3,(H2,21,24,25). The first-order valence-electron chi connectivity index (χ1n) is 8.07. The van der Waals surface area contributed by atoms with E-state index in [-0.39, 0.29) is 10.6 Å². The Hall–Kier alpha value is -2.24. The van der Waals surface area contributed by atoms with Gasteiger partial charge in [-0.2, -0.15) is 0 Å². The van der Waals surface area contributed by atoms with Gasteiger partial charge in [-0.3, -0.25) is 0 Å². The molecule has 0 unspecified atom stereocenters. The Labute approximate surface area is 163 Å². The minimum Gasteiger partial charge on any atom is -0.406 e. The maximum atomic E-state index is 12.2. The molecule has 2 aromatic carbocycles. The molecule has 0 aliphatic carbocycles. The van der Waals surface area contributed by atoms with E-state index in [0.717, 1.165) is 11.1 Å². The van der Waals surface area contributed by atoms with Crippen LogP contribution in [0.4, 0.5) is 13.2 Å².